The predicted octanol–water partition coefficient (Wildman–Crippen LogP) is 2.42. The molecule has 0 atom stereocenters. The summed E-state index contributed by atoms with van der Waals surface area (Å²) in [5, 5.41) is 0. The van der Waals surface area contributed by atoms with Crippen molar-refractivity contribution in [3.63, 3.8) is 0 Å². The zero-order valence-electron chi connectivity index (χ0n) is 12.7. The molecule has 1 aromatic rings. The summed E-state index contributed by atoms with van der Waals surface area (Å²) < 4.78 is 0. The SMILES string of the molecule is CN(C)c1ccc(C(=O)N(CC(N)=S)C2CCCC2)cc1. The van der Waals surface area contributed by atoms with E-state index in [-0.39, 0.29) is 11.9 Å². The van der Waals surface area contributed by atoms with Crippen LogP contribution in [0.5, 0.6) is 0 Å². The number of anilines is 1. The normalized spacial score (nSPS) is 15.0. The summed E-state index contributed by atoms with van der Waals surface area (Å²) in [5.41, 5.74) is 7.45. The van der Waals surface area contributed by atoms with E-state index >= 15 is 0 Å². The first-order valence-electron chi connectivity index (χ1n) is 7.35. The van der Waals surface area contributed by atoms with Gasteiger partial charge in [-0.15, -0.1) is 0 Å². The maximum Gasteiger partial charge on any atom is 0.254 e. The predicted molar refractivity (Wildman–Crippen MR) is 90.8 cm³/mol. The van der Waals surface area contributed by atoms with Crippen molar-refractivity contribution in [1.82, 2.24) is 4.90 Å². The second-order valence-electron chi connectivity index (χ2n) is 5.78. The smallest absolute Gasteiger partial charge is 0.254 e. The minimum Gasteiger partial charge on any atom is -0.392 e. The Morgan fingerprint density at radius 2 is 1.81 bits per heavy atom. The van der Waals surface area contributed by atoms with Gasteiger partial charge < -0.3 is 15.5 Å². The van der Waals surface area contributed by atoms with Gasteiger partial charge in [0.15, 0.2) is 0 Å². The third kappa shape index (κ3) is 3.94. The minimum absolute atomic E-state index is 0.0278. The molecule has 1 saturated carbocycles. The molecule has 0 bridgehead atoms. The number of rotatable bonds is 5. The molecule has 0 aliphatic heterocycles. The van der Waals surface area contributed by atoms with Crippen LogP contribution in [0.1, 0.15) is 36.0 Å². The number of hydrogen-bond acceptors (Lipinski definition) is 3. The average molecular weight is 305 g/mol. The molecular formula is C16H23N3OS. The topological polar surface area (TPSA) is 49.6 Å². The van der Waals surface area contributed by atoms with Crippen molar-refractivity contribution in [2.75, 3.05) is 25.5 Å². The van der Waals surface area contributed by atoms with Crippen molar-refractivity contribution in [3.05, 3.63) is 29.8 Å². The first-order chi connectivity index (χ1) is 9.99. The molecule has 0 heterocycles. The van der Waals surface area contributed by atoms with Gasteiger partial charge >= 0.3 is 0 Å². The highest BCUT2D eigenvalue weighted by Crippen LogP contribution is 2.25. The van der Waals surface area contributed by atoms with E-state index in [0.29, 0.717) is 17.1 Å². The molecule has 0 spiro atoms. The summed E-state index contributed by atoms with van der Waals surface area (Å²) in [4.78, 5) is 17.0. The number of hydrogen-bond donors (Lipinski definition) is 1. The van der Waals surface area contributed by atoms with Gasteiger partial charge in [0.05, 0.1) is 11.5 Å². The van der Waals surface area contributed by atoms with E-state index < -0.39 is 0 Å². The summed E-state index contributed by atoms with van der Waals surface area (Å²) in [6.45, 7) is 0.369. The Bertz CT molecular complexity index is 507. The molecular weight excluding hydrogens is 282 g/mol. The first-order valence-corrected chi connectivity index (χ1v) is 7.76. The number of carbonyl (C=O) groups is 1. The van der Waals surface area contributed by atoms with Crippen LogP contribution < -0.4 is 10.6 Å². The van der Waals surface area contributed by atoms with Gasteiger partial charge in [0, 0.05) is 31.4 Å². The molecule has 1 amide bonds. The Morgan fingerprint density at radius 1 is 1.24 bits per heavy atom. The van der Waals surface area contributed by atoms with Crippen LogP contribution in [0, 0.1) is 0 Å². The molecule has 2 rings (SSSR count). The molecule has 1 aliphatic carbocycles. The first kappa shape index (κ1) is 15.8. The van der Waals surface area contributed by atoms with E-state index in [4.69, 9.17) is 18.0 Å². The van der Waals surface area contributed by atoms with Crippen molar-refractivity contribution in [2.24, 2.45) is 5.73 Å². The van der Waals surface area contributed by atoms with Crippen LogP contribution in [0.25, 0.3) is 0 Å². The van der Waals surface area contributed by atoms with Crippen LogP contribution in [-0.4, -0.2) is 42.5 Å². The molecule has 1 aliphatic rings. The third-order valence-electron chi connectivity index (χ3n) is 3.98. The van der Waals surface area contributed by atoms with E-state index in [1.807, 2.05) is 48.2 Å². The quantitative estimate of drug-likeness (QED) is 0.849. The molecule has 1 fully saturated rings. The average Bonchev–Trinajstić information content (AvgIpc) is 2.98. The van der Waals surface area contributed by atoms with Crippen molar-refractivity contribution < 1.29 is 4.79 Å². The molecule has 4 nitrogen and oxygen atoms in total. The van der Waals surface area contributed by atoms with Gasteiger partial charge in [0.25, 0.3) is 5.91 Å². The lowest BCUT2D eigenvalue weighted by Gasteiger charge is -2.28. The van der Waals surface area contributed by atoms with Crippen LogP contribution >= 0.6 is 12.2 Å². The van der Waals surface area contributed by atoms with Crippen molar-refractivity contribution >= 4 is 28.8 Å². The Kier molecular flexibility index (Phi) is 5.17. The fraction of sp³-hybridized carbons (Fsp3) is 0.500. The molecule has 2 N–H and O–H groups in total. The van der Waals surface area contributed by atoms with E-state index in [0.717, 1.165) is 18.5 Å². The number of carbonyl (C=O) groups excluding carboxylic acids is 1. The number of nitrogens with zero attached hydrogens (tertiary/aromatic N) is 2. The molecule has 5 heteroatoms. The van der Waals surface area contributed by atoms with E-state index in [2.05, 4.69) is 0 Å². The number of amides is 1. The zero-order chi connectivity index (χ0) is 15.4. The van der Waals surface area contributed by atoms with Gasteiger partial charge in [0.2, 0.25) is 0 Å². The van der Waals surface area contributed by atoms with Gasteiger partial charge in [-0.2, -0.15) is 0 Å². The lowest BCUT2D eigenvalue weighted by Crippen LogP contribution is -2.43. The lowest BCUT2D eigenvalue weighted by atomic mass is 10.1. The van der Waals surface area contributed by atoms with Gasteiger partial charge in [-0.3, -0.25) is 4.79 Å². The Labute approximate surface area is 131 Å². The van der Waals surface area contributed by atoms with Crippen LogP contribution in [-0.2, 0) is 0 Å². The van der Waals surface area contributed by atoms with E-state index in [1.165, 1.54) is 12.8 Å². The Morgan fingerprint density at radius 3 is 2.29 bits per heavy atom. The van der Waals surface area contributed by atoms with Crippen molar-refractivity contribution in [2.45, 2.75) is 31.7 Å². The highest BCUT2D eigenvalue weighted by atomic mass is 32.1. The molecule has 0 unspecified atom stereocenters. The Hall–Kier alpha value is -1.62. The second-order valence-corrected chi connectivity index (χ2v) is 6.30. The summed E-state index contributed by atoms with van der Waals surface area (Å²) in [6.07, 6.45) is 4.44. The van der Waals surface area contributed by atoms with Gasteiger partial charge in [0.1, 0.15) is 0 Å². The largest absolute Gasteiger partial charge is 0.392 e. The summed E-state index contributed by atoms with van der Waals surface area (Å²) in [7, 11) is 3.96. The second kappa shape index (κ2) is 6.89. The molecule has 21 heavy (non-hydrogen) atoms. The van der Waals surface area contributed by atoms with Gasteiger partial charge in [-0.05, 0) is 37.1 Å². The molecule has 114 valence electrons. The van der Waals surface area contributed by atoms with Crippen LogP contribution in [0.2, 0.25) is 0 Å². The van der Waals surface area contributed by atoms with Crippen molar-refractivity contribution in [3.8, 4) is 0 Å². The molecule has 0 radical (unpaired) electrons. The van der Waals surface area contributed by atoms with E-state index in [9.17, 15) is 4.79 Å². The van der Waals surface area contributed by atoms with Crippen molar-refractivity contribution in [1.29, 1.82) is 0 Å². The summed E-state index contributed by atoms with van der Waals surface area (Å²) in [5.74, 6) is 0.0278. The standard InChI is InChI=1S/C16H23N3OS/c1-18(2)13-9-7-12(8-10-13)16(20)19(11-15(17)21)14-5-3-4-6-14/h7-10,14H,3-6,11H2,1-2H3,(H2,17,21). The number of thiocarbonyl (C=S) groups is 1. The maximum atomic E-state index is 12.7. The monoisotopic (exact) mass is 305 g/mol. The summed E-state index contributed by atoms with van der Waals surface area (Å²) >= 11 is 5.01. The fourth-order valence-electron chi connectivity index (χ4n) is 2.82. The van der Waals surface area contributed by atoms with Crippen LogP contribution in [0.4, 0.5) is 5.69 Å². The van der Waals surface area contributed by atoms with Crippen LogP contribution in [0.15, 0.2) is 24.3 Å². The van der Waals surface area contributed by atoms with Gasteiger partial charge in [-0.25, -0.2) is 0 Å². The fourth-order valence-corrected chi connectivity index (χ4v) is 2.96. The third-order valence-corrected chi connectivity index (χ3v) is 4.11. The highest BCUT2D eigenvalue weighted by Gasteiger charge is 2.27. The summed E-state index contributed by atoms with van der Waals surface area (Å²) in [6, 6.07) is 7.94. The van der Waals surface area contributed by atoms with E-state index in [1.54, 1.807) is 0 Å². The molecule has 1 aromatic carbocycles. The minimum atomic E-state index is 0.0278. The van der Waals surface area contributed by atoms with Gasteiger partial charge in [-0.1, -0.05) is 25.1 Å². The molecule has 0 aromatic heterocycles. The highest BCUT2D eigenvalue weighted by molar-refractivity contribution is 7.80. The number of nitrogens with two attached hydrogens (primary N) is 1. The maximum absolute atomic E-state index is 12.7. The van der Waals surface area contributed by atoms with Crippen LogP contribution in [0.3, 0.4) is 0 Å². The lowest BCUT2D eigenvalue weighted by molar-refractivity contribution is 0.0714. The Balaban J connectivity index is 2.18. The number of benzene rings is 1. The zero-order valence-corrected chi connectivity index (χ0v) is 13.5. The molecule has 0 saturated heterocycles.